The van der Waals surface area contributed by atoms with Gasteiger partial charge >= 0.3 is 0 Å². The fourth-order valence-corrected chi connectivity index (χ4v) is 3.32. The number of thioether (sulfide) groups is 1. The lowest BCUT2D eigenvalue weighted by Crippen LogP contribution is -2.30. The molecule has 3 rings (SSSR count). The molecule has 26 heavy (non-hydrogen) atoms. The average molecular weight is 367 g/mol. The first-order chi connectivity index (χ1) is 12.5. The van der Waals surface area contributed by atoms with Crippen LogP contribution in [0.2, 0.25) is 0 Å². The second-order valence-electron chi connectivity index (χ2n) is 6.13. The van der Waals surface area contributed by atoms with E-state index in [1.165, 1.54) is 11.8 Å². The SMILES string of the molecule is Cc1ccc(C)c(-n2nnnc2S[C@H](C)C(=O)NCc2ccccc2)c1. The quantitative estimate of drug-likeness (QED) is 0.678. The summed E-state index contributed by atoms with van der Waals surface area (Å²) in [6.45, 7) is 6.40. The van der Waals surface area contributed by atoms with E-state index >= 15 is 0 Å². The lowest BCUT2D eigenvalue weighted by Gasteiger charge is -2.13. The Hall–Kier alpha value is -2.67. The van der Waals surface area contributed by atoms with Gasteiger partial charge in [-0.3, -0.25) is 4.79 Å². The molecule has 0 aliphatic rings. The average Bonchev–Trinajstić information content (AvgIpc) is 3.10. The molecule has 0 spiro atoms. The summed E-state index contributed by atoms with van der Waals surface area (Å²) in [5, 5.41) is 15.2. The number of nitrogens with one attached hydrogen (secondary N) is 1. The van der Waals surface area contributed by atoms with Crippen LogP contribution in [-0.2, 0) is 11.3 Å². The van der Waals surface area contributed by atoms with Gasteiger partial charge in [-0.05, 0) is 54.0 Å². The van der Waals surface area contributed by atoms with Crippen LogP contribution in [0.25, 0.3) is 5.69 Å². The van der Waals surface area contributed by atoms with Crippen LogP contribution in [-0.4, -0.2) is 31.4 Å². The topological polar surface area (TPSA) is 72.7 Å². The molecule has 0 aliphatic carbocycles. The standard InChI is InChI=1S/C19H21N5OS/c1-13-9-10-14(2)17(11-13)24-19(21-22-23-24)26-15(3)18(25)20-12-16-7-5-4-6-8-16/h4-11,15H,12H2,1-3H3,(H,20,25)/t15-/m1/s1. The maximum atomic E-state index is 12.4. The number of aromatic nitrogens is 4. The van der Waals surface area contributed by atoms with Gasteiger partial charge in [0, 0.05) is 6.54 Å². The van der Waals surface area contributed by atoms with Gasteiger partial charge in [0.15, 0.2) is 0 Å². The molecule has 134 valence electrons. The normalized spacial score (nSPS) is 12.0. The number of hydrogen-bond donors (Lipinski definition) is 1. The van der Waals surface area contributed by atoms with Gasteiger partial charge in [-0.1, -0.05) is 54.2 Å². The van der Waals surface area contributed by atoms with Gasteiger partial charge in [-0.15, -0.1) is 5.10 Å². The summed E-state index contributed by atoms with van der Waals surface area (Å²) in [6, 6.07) is 16.0. The molecule has 0 fully saturated rings. The van der Waals surface area contributed by atoms with Gasteiger partial charge < -0.3 is 5.32 Å². The maximum Gasteiger partial charge on any atom is 0.233 e. The van der Waals surface area contributed by atoms with Crippen molar-refractivity contribution in [1.82, 2.24) is 25.5 Å². The summed E-state index contributed by atoms with van der Waals surface area (Å²) >= 11 is 1.34. The van der Waals surface area contributed by atoms with Crippen LogP contribution in [0.4, 0.5) is 0 Å². The van der Waals surface area contributed by atoms with E-state index in [4.69, 9.17) is 0 Å². The Morgan fingerprint density at radius 1 is 1.19 bits per heavy atom. The van der Waals surface area contributed by atoms with Crippen LogP contribution < -0.4 is 5.32 Å². The molecule has 6 nitrogen and oxygen atoms in total. The van der Waals surface area contributed by atoms with E-state index in [0.717, 1.165) is 22.4 Å². The van der Waals surface area contributed by atoms with Crippen molar-refractivity contribution < 1.29 is 4.79 Å². The molecule has 0 unspecified atom stereocenters. The predicted octanol–water partition coefficient (Wildman–Crippen LogP) is 3.08. The minimum atomic E-state index is -0.312. The monoisotopic (exact) mass is 367 g/mol. The highest BCUT2D eigenvalue weighted by atomic mass is 32.2. The minimum Gasteiger partial charge on any atom is -0.351 e. The Labute approximate surface area is 157 Å². The Morgan fingerprint density at radius 3 is 2.73 bits per heavy atom. The molecule has 1 aromatic heterocycles. The summed E-state index contributed by atoms with van der Waals surface area (Å²) in [5.41, 5.74) is 4.20. The van der Waals surface area contributed by atoms with Crippen LogP contribution in [0.3, 0.4) is 0 Å². The van der Waals surface area contributed by atoms with Crippen molar-refractivity contribution >= 4 is 17.7 Å². The van der Waals surface area contributed by atoms with Crippen LogP contribution in [0.5, 0.6) is 0 Å². The van der Waals surface area contributed by atoms with Crippen molar-refractivity contribution in [3.05, 3.63) is 65.2 Å². The van der Waals surface area contributed by atoms with Crippen LogP contribution >= 0.6 is 11.8 Å². The molecule has 1 heterocycles. The molecule has 1 atom stereocenters. The lowest BCUT2D eigenvalue weighted by atomic mass is 10.1. The van der Waals surface area contributed by atoms with Crippen LogP contribution in [0.15, 0.2) is 53.7 Å². The van der Waals surface area contributed by atoms with Crippen molar-refractivity contribution in [2.24, 2.45) is 0 Å². The molecule has 0 bridgehead atoms. The first kappa shape index (κ1) is 18.1. The molecule has 1 amide bonds. The van der Waals surface area contributed by atoms with Crippen molar-refractivity contribution in [3.8, 4) is 5.69 Å². The smallest absolute Gasteiger partial charge is 0.233 e. The van der Waals surface area contributed by atoms with Gasteiger partial charge in [0.25, 0.3) is 0 Å². The Bertz CT molecular complexity index is 894. The summed E-state index contributed by atoms with van der Waals surface area (Å²) in [6.07, 6.45) is 0. The highest BCUT2D eigenvalue weighted by molar-refractivity contribution is 8.00. The van der Waals surface area contributed by atoms with E-state index in [1.807, 2.05) is 63.2 Å². The molecule has 1 N–H and O–H groups in total. The second-order valence-corrected chi connectivity index (χ2v) is 7.43. The number of carbonyl (C=O) groups is 1. The van der Waals surface area contributed by atoms with Crippen LogP contribution in [0, 0.1) is 13.8 Å². The number of rotatable bonds is 6. The number of tetrazole rings is 1. The molecule has 0 saturated carbocycles. The van der Waals surface area contributed by atoms with Crippen molar-refractivity contribution in [1.29, 1.82) is 0 Å². The third-order valence-corrected chi connectivity index (χ3v) is 5.03. The molecular formula is C19H21N5OS. The van der Waals surface area contributed by atoms with E-state index in [9.17, 15) is 4.79 Å². The first-order valence-electron chi connectivity index (χ1n) is 8.39. The first-order valence-corrected chi connectivity index (χ1v) is 9.27. The van der Waals surface area contributed by atoms with E-state index < -0.39 is 0 Å². The lowest BCUT2D eigenvalue weighted by molar-refractivity contribution is -0.120. The summed E-state index contributed by atoms with van der Waals surface area (Å²) < 4.78 is 1.69. The van der Waals surface area contributed by atoms with Gasteiger partial charge in [0.05, 0.1) is 10.9 Å². The predicted molar refractivity (Wildman–Crippen MR) is 102 cm³/mol. The van der Waals surface area contributed by atoms with Gasteiger partial charge in [-0.2, -0.15) is 4.68 Å². The summed E-state index contributed by atoms with van der Waals surface area (Å²) in [5.74, 6) is -0.0469. The van der Waals surface area contributed by atoms with Gasteiger partial charge in [-0.25, -0.2) is 0 Å². The van der Waals surface area contributed by atoms with Crippen molar-refractivity contribution in [2.45, 2.75) is 37.7 Å². The molecule has 7 heteroatoms. The van der Waals surface area contributed by atoms with Gasteiger partial charge in [0.1, 0.15) is 0 Å². The Balaban J connectivity index is 1.68. The maximum absolute atomic E-state index is 12.4. The minimum absolute atomic E-state index is 0.0469. The summed E-state index contributed by atoms with van der Waals surface area (Å²) in [7, 11) is 0. The van der Waals surface area contributed by atoms with Crippen molar-refractivity contribution in [3.63, 3.8) is 0 Å². The molecule has 2 aromatic carbocycles. The summed E-state index contributed by atoms with van der Waals surface area (Å²) in [4.78, 5) is 12.4. The highest BCUT2D eigenvalue weighted by Gasteiger charge is 2.19. The number of aryl methyl sites for hydroxylation is 2. The number of carbonyl (C=O) groups excluding carboxylic acids is 1. The molecule has 3 aromatic rings. The van der Waals surface area contributed by atoms with E-state index in [0.29, 0.717) is 11.7 Å². The Morgan fingerprint density at radius 2 is 1.96 bits per heavy atom. The molecule has 0 aliphatic heterocycles. The highest BCUT2D eigenvalue weighted by Crippen LogP contribution is 2.25. The molecular weight excluding hydrogens is 346 g/mol. The van der Waals surface area contributed by atoms with Gasteiger partial charge in [0.2, 0.25) is 11.1 Å². The third-order valence-electron chi connectivity index (χ3n) is 3.99. The number of nitrogens with zero attached hydrogens (tertiary/aromatic N) is 4. The Kier molecular flexibility index (Phi) is 5.68. The third kappa shape index (κ3) is 4.29. The number of amides is 1. The number of hydrogen-bond acceptors (Lipinski definition) is 5. The largest absolute Gasteiger partial charge is 0.351 e. The second kappa shape index (κ2) is 8.14. The zero-order chi connectivity index (χ0) is 18.5. The van der Waals surface area contributed by atoms with Crippen LogP contribution in [0.1, 0.15) is 23.6 Å². The number of benzene rings is 2. The van der Waals surface area contributed by atoms with E-state index in [-0.39, 0.29) is 11.2 Å². The molecule has 0 saturated heterocycles. The fourth-order valence-electron chi connectivity index (χ4n) is 2.49. The zero-order valence-electron chi connectivity index (χ0n) is 15.0. The zero-order valence-corrected chi connectivity index (χ0v) is 15.8. The van der Waals surface area contributed by atoms with E-state index in [2.05, 4.69) is 26.9 Å². The van der Waals surface area contributed by atoms with Crippen molar-refractivity contribution in [2.75, 3.05) is 0 Å². The van der Waals surface area contributed by atoms with E-state index in [1.54, 1.807) is 4.68 Å². The fraction of sp³-hybridized carbons (Fsp3) is 0.263. The molecule has 0 radical (unpaired) electrons.